The molecule has 9 heteroatoms. The average Bonchev–Trinajstić information content (AvgIpc) is 2.36. The van der Waals surface area contributed by atoms with Crippen LogP contribution in [0, 0.1) is 5.92 Å². The number of esters is 1. The number of hydrogen-bond acceptors (Lipinski definition) is 6. The van der Waals surface area contributed by atoms with E-state index < -0.39 is 43.3 Å². The van der Waals surface area contributed by atoms with Crippen LogP contribution in [-0.4, -0.2) is 64.6 Å². The largest absolute Gasteiger partial charge is 0.466 e. The summed E-state index contributed by atoms with van der Waals surface area (Å²) in [5.41, 5.74) is 0. The summed E-state index contributed by atoms with van der Waals surface area (Å²) in [5, 5.41) is 0. The second kappa shape index (κ2) is 6.86. The first-order valence-electron chi connectivity index (χ1n) is 6.48. The molecule has 0 N–H and O–H groups in total. The van der Waals surface area contributed by atoms with E-state index >= 15 is 0 Å². The Bertz CT molecular complexity index is 539. The molecule has 0 aromatic rings. The zero-order valence-corrected chi connectivity index (χ0v) is 13.4. The summed E-state index contributed by atoms with van der Waals surface area (Å²) in [6.45, 7) is 2.35. The Hall–Kier alpha value is -0.670. The van der Waals surface area contributed by atoms with E-state index in [1.54, 1.807) is 6.92 Å². The first-order chi connectivity index (χ1) is 9.15. The summed E-state index contributed by atoms with van der Waals surface area (Å²) < 4.78 is 52.4. The van der Waals surface area contributed by atoms with Crippen LogP contribution in [0.3, 0.4) is 0 Å². The molecule has 1 heterocycles. The summed E-state index contributed by atoms with van der Waals surface area (Å²) in [6.07, 6.45) is 2.17. The van der Waals surface area contributed by atoms with E-state index in [2.05, 4.69) is 0 Å². The number of ether oxygens (including phenoxy) is 1. The number of piperidine rings is 1. The Kier molecular flexibility index (Phi) is 5.96. The molecule has 0 aromatic carbocycles. The maximum atomic E-state index is 12.1. The van der Waals surface area contributed by atoms with Crippen LogP contribution in [0.2, 0.25) is 0 Å². The minimum Gasteiger partial charge on any atom is -0.466 e. The quantitative estimate of drug-likeness (QED) is 0.618. The topological polar surface area (TPSA) is 97.8 Å². The standard InChI is InChI=1S/C11H21NO6S2/c1-3-18-11(13)10-5-4-6-12(9-10)20(16,17)8-7-19(2,14)15/h10H,3-9H2,1-2H3. The van der Waals surface area contributed by atoms with Crippen LogP contribution in [0.1, 0.15) is 19.8 Å². The van der Waals surface area contributed by atoms with Gasteiger partial charge in [-0.25, -0.2) is 21.1 Å². The van der Waals surface area contributed by atoms with Crippen LogP contribution in [0.15, 0.2) is 0 Å². The van der Waals surface area contributed by atoms with Gasteiger partial charge < -0.3 is 4.74 Å². The van der Waals surface area contributed by atoms with Gasteiger partial charge in [0.25, 0.3) is 0 Å². The highest BCUT2D eigenvalue weighted by Gasteiger charge is 2.33. The summed E-state index contributed by atoms with van der Waals surface area (Å²) in [7, 11) is -6.98. The molecule has 1 fully saturated rings. The average molecular weight is 327 g/mol. The Balaban J connectivity index is 2.68. The van der Waals surface area contributed by atoms with Crippen LogP contribution in [0.25, 0.3) is 0 Å². The first-order valence-corrected chi connectivity index (χ1v) is 10.1. The van der Waals surface area contributed by atoms with Gasteiger partial charge in [0.1, 0.15) is 9.84 Å². The third kappa shape index (κ3) is 5.37. The van der Waals surface area contributed by atoms with Crippen LogP contribution in [0.5, 0.6) is 0 Å². The molecular weight excluding hydrogens is 306 g/mol. The normalized spacial score (nSPS) is 21.6. The molecular formula is C11H21NO6S2. The van der Waals surface area contributed by atoms with Crippen molar-refractivity contribution in [1.82, 2.24) is 4.31 Å². The van der Waals surface area contributed by atoms with Gasteiger partial charge in [0, 0.05) is 19.3 Å². The molecule has 0 aromatic heterocycles. The van der Waals surface area contributed by atoms with Crippen LogP contribution < -0.4 is 0 Å². The van der Waals surface area contributed by atoms with E-state index in [9.17, 15) is 21.6 Å². The smallest absolute Gasteiger partial charge is 0.310 e. The lowest BCUT2D eigenvalue weighted by Gasteiger charge is -2.30. The molecule has 0 amide bonds. The van der Waals surface area contributed by atoms with Crippen LogP contribution in [-0.2, 0) is 29.4 Å². The molecule has 0 saturated carbocycles. The Morgan fingerprint density at radius 3 is 2.45 bits per heavy atom. The number of hydrogen-bond donors (Lipinski definition) is 0. The third-order valence-corrected chi connectivity index (χ3v) is 6.15. The number of carbonyl (C=O) groups excluding carboxylic acids is 1. The summed E-state index contributed by atoms with van der Waals surface area (Å²) in [4.78, 5) is 11.6. The predicted octanol–water partition coefficient (Wildman–Crippen LogP) is -0.364. The lowest BCUT2D eigenvalue weighted by atomic mass is 10.0. The Labute approximate surface area is 120 Å². The van der Waals surface area contributed by atoms with Crippen molar-refractivity contribution in [3.8, 4) is 0 Å². The van der Waals surface area contributed by atoms with E-state index in [0.717, 1.165) is 6.26 Å². The molecule has 118 valence electrons. The maximum absolute atomic E-state index is 12.1. The van der Waals surface area contributed by atoms with Crippen LogP contribution in [0.4, 0.5) is 0 Å². The fourth-order valence-electron chi connectivity index (χ4n) is 2.03. The Morgan fingerprint density at radius 1 is 1.25 bits per heavy atom. The molecule has 1 saturated heterocycles. The summed E-state index contributed by atoms with van der Waals surface area (Å²) in [6, 6.07) is 0. The van der Waals surface area contributed by atoms with E-state index in [1.165, 1.54) is 4.31 Å². The molecule has 20 heavy (non-hydrogen) atoms. The van der Waals surface area contributed by atoms with E-state index in [1.807, 2.05) is 0 Å². The molecule has 0 radical (unpaired) electrons. The van der Waals surface area contributed by atoms with Crippen molar-refractivity contribution >= 4 is 25.8 Å². The first kappa shape index (κ1) is 17.4. The van der Waals surface area contributed by atoms with Crippen molar-refractivity contribution in [2.24, 2.45) is 5.92 Å². The molecule has 1 unspecified atom stereocenters. The van der Waals surface area contributed by atoms with Gasteiger partial charge in [-0.05, 0) is 19.8 Å². The van der Waals surface area contributed by atoms with Gasteiger partial charge in [-0.3, -0.25) is 4.79 Å². The van der Waals surface area contributed by atoms with E-state index in [4.69, 9.17) is 4.74 Å². The number of rotatable bonds is 6. The Morgan fingerprint density at radius 2 is 1.90 bits per heavy atom. The molecule has 7 nitrogen and oxygen atoms in total. The van der Waals surface area contributed by atoms with Gasteiger partial charge in [-0.15, -0.1) is 0 Å². The van der Waals surface area contributed by atoms with Gasteiger partial charge in [0.2, 0.25) is 10.0 Å². The van der Waals surface area contributed by atoms with Crippen molar-refractivity contribution in [1.29, 1.82) is 0 Å². The van der Waals surface area contributed by atoms with Gasteiger partial charge in [-0.2, -0.15) is 0 Å². The zero-order chi connectivity index (χ0) is 15.4. The zero-order valence-electron chi connectivity index (χ0n) is 11.7. The van der Waals surface area contributed by atoms with Crippen molar-refractivity contribution in [3.63, 3.8) is 0 Å². The monoisotopic (exact) mass is 327 g/mol. The van der Waals surface area contributed by atoms with Gasteiger partial charge in [0.05, 0.1) is 24.0 Å². The maximum Gasteiger partial charge on any atom is 0.310 e. The van der Waals surface area contributed by atoms with Crippen molar-refractivity contribution < 1.29 is 26.4 Å². The van der Waals surface area contributed by atoms with Gasteiger partial charge >= 0.3 is 5.97 Å². The molecule has 1 rings (SSSR count). The number of sulfonamides is 1. The van der Waals surface area contributed by atoms with Crippen molar-refractivity contribution in [2.75, 3.05) is 37.5 Å². The number of sulfone groups is 1. The summed E-state index contributed by atoms with van der Waals surface area (Å²) in [5.74, 6) is -1.70. The van der Waals surface area contributed by atoms with Gasteiger partial charge in [-0.1, -0.05) is 0 Å². The lowest BCUT2D eigenvalue weighted by Crippen LogP contribution is -2.44. The summed E-state index contributed by atoms with van der Waals surface area (Å²) >= 11 is 0. The molecule has 1 aliphatic heterocycles. The highest BCUT2D eigenvalue weighted by atomic mass is 32.2. The molecule has 0 aliphatic carbocycles. The van der Waals surface area contributed by atoms with E-state index in [-0.39, 0.29) is 13.2 Å². The van der Waals surface area contributed by atoms with Gasteiger partial charge in [0.15, 0.2) is 0 Å². The fourth-order valence-corrected chi connectivity index (χ4v) is 5.16. The number of carbonyl (C=O) groups is 1. The highest BCUT2D eigenvalue weighted by molar-refractivity contribution is 7.93. The molecule has 0 spiro atoms. The predicted molar refractivity (Wildman–Crippen MR) is 74.4 cm³/mol. The second-order valence-corrected chi connectivity index (χ2v) is 9.24. The van der Waals surface area contributed by atoms with E-state index in [0.29, 0.717) is 19.4 Å². The number of nitrogens with zero attached hydrogens (tertiary/aromatic N) is 1. The molecule has 1 atom stereocenters. The van der Waals surface area contributed by atoms with Crippen LogP contribution >= 0.6 is 0 Å². The minimum absolute atomic E-state index is 0.0743. The molecule has 1 aliphatic rings. The second-order valence-electron chi connectivity index (χ2n) is 4.90. The van der Waals surface area contributed by atoms with Crippen molar-refractivity contribution in [3.05, 3.63) is 0 Å². The highest BCUT2D eigenvalue weighted by Crippen LogP contribution is 2.20. The van der Waals surface area contributed by atoms with Crippen molar-refractivity contribution in [2.45, 2.75) is 19.8 Å². The molecule has 0 bridgehead atoms. The fraction of sp³-hybridized carbons (Fsp3) is 0.909. The lowest BCUT2D eigenvalue weighted by molar-refractivity contribution is -0.149. The SMILES string of the molecule is CCOC(=O)C1CCCN(S(=O)(=O)CCS(C)(=O)=O)C1. The third-order valence-electron chi connectivity index (χ3n) is 3.11. The minimum atomic E-state index is -3.65.